The van der Waals surface area contributed by atoms with E-state index in [0.717, 1.165) is 24.1 Å². The lowest BCUT2D eigenvalue weighted by molar-refractivity contribution is 0.0945. The molecule has 4 N–H and O–H groups in total. The van der Waals surface area contributed by atoms with Crippen molar-refractivity contribution in [3.63, 3.8) is 0 Å². The van der Waals surface area contributed by atoms with Crippen LogP contribution in [0.25, 0.3) is 0 Å². The number of carbonyl (C=O) groups is 1. The number of aromatic nitrogens is 1. The minimum atomic E-state index is -0.163. The fourth-order valence-electron chi connectivity index (χ4n) is 2.02. The number of nitrogens with two attached hydrogens (primary N) is 1. The summed E-state index contributed by atoms with van der Waals surface area (Å²) in [5.74, 6) is 0.135. The molecule has 0 bridgehead atoms. The van der Waals surface area contributed by atoms with Crippen molar-refractivity contribution in [3.8, 4) is 0 Å². The van der Waals surface area contributed by atoms with Crippen LogP contribution in [0.15, 0.2) is 0 Å². The standard InChI is InChI=1S/C13H23N5OS/c1-8(2)16-12(19)10-11(14)17-20-13(10)15-6-7-18(3)9-4-5-9/h8-9,15H,4-7H2,1-3H3,(H2,14,17)(H,16,19). The van der Waals surface area contributed by atoms with Crippen molar-refractivity contribution < 1.29 is 4.79 Å². The van der Waals surface area contributed by atoms with Gasteiger partial charge in [-0.2, -0.15) is 4.37 Å². The van der Waals surface area contributed by atoms with Crippen molar-refractivity contribution in [2.45, 2.75) is 38.8 Å². The minimum absolute atomic E-state index is 0.0793. The fraction of sp³-hybridized carbons (Fsp3) is 0.692. The number of hydrogen-bond acceptors (Lipinski definition) is 6. The molecule has 0 unspecified atom stereocenters. The predicted octanol–water partition coefficient (Wildman–Crippen LogP) is 1.37. The van der Waals surface area contributed by atoms with Gasteiger partial charge < -0.3 is 21.3 Å². The van der Waals surface area contributed by atoms with Gasteiger partial charge in [-0.25, -0.2) is 0 Å². The summed E-state index contributed by atoms with van der Waals surface area (Å²) in [4.78, 5) is 14.4. The van der Waals surface area contributed by atoms with Crippen LogP contribution >= 0.6 is 11.5 Å². The van der Waals surface area contributed by atoms with Crippen molar-refractivity contribution in [2.75, 3.05) is 31.2 Å². The largest absolute Gasteiger partial charge is 0.382 e. The number of amides is 1. The van der Waals surface area contributed by atoms with Crippen LogP contribution in [-0.4, -0.2) is 47.4 Å². The lowest BCUT2D eigenvalue weighted by Gasteiger charge is -2.16. The molecular weight excluding hydrogens is 274 g/mol. The summed E-state index contributed by atoms with van der Waals surface area (Å²) in [5, 5.41) is 6.88. The van der Waals surface area contributed by atoms with Crippen LogP contribution in [0.2, 0.25) is 0 Å². The Balaban J connectivity index is 1.92. The first-order valence-electron chi connectivity index (χ1n) is 6.99. The van der Waals surface area contributed by atoms with Gasteiger partial charge in [-0.3, -0.25) is 4.79 Å². The van der Waals surface area contributed by atoms with Gasteiger partial charge in [-0.05, 0) is 45.3 Å². The van der Waals surface area contributed by atoms with Crippen molar-refractivity contribution in [1.82, 2.24) is 14.6 Å². The second kappa shape index (κ2) is 6.41. The van der Waals surface area contributed by atoms with Crippen LogP contribution in [-0.2, 0) is 0 Å². The Morgan fingerprint density at radius 1 is 1.55 bits per heavy atom. The molecule has 0 spiro atoms. The fourth-order valence-corrected chi connectivity index (χ4v) is 2.76. The van der Waals surface area contributed by atoms with Crippen LogP contribution in [0, 0.1) is 0 Å². The first kappa shape index (κ1) is 15.1. The normalized spacial score (nSPS) is 14.8. The lowest BCUT2D eigenvalue weighted by atomic mass is 10.2. The number of nitrogen functional groups attached to an aromatic ring is 1. The highest BCUT2D eigenvalue weighted by Crippen LogP contribution is 2.27. The summed E-state index contributed by atoms with van der Waals surface area (Å²) in [7, 11) is 2.13. The Labute approximate surface area is 123 Å². The molecule has 2 rings (SSSR count). The zero-order valence-electron chi connectivity index (χ0n) is 12.3. The topological polar surface area (TPSA) is 83.3 Å². The molecule has 0 radical (unpaired) electrons. The molecule has 1 aliphatic carbocycles. The van der Waals surface area contributed by atoms with E-state index in [0.29, 0.717) is 11.4 Å². The third-order valence-electron chi connectivity index (χ3n) is 3.29. The molecule has 0 aromatic carbocycles. The van der Waals surface area contributed by atoms with E-state index < -0.39 is 0 Å². The van der Waals surface area contributed by atoms with Gasteiger partial charge in [0.25, 0.3) is 5.91 Å². The molecule has 6 nitrogen and oxygen atoms in total. The summed E-state index contributed by atoms with van der Waals surface area (Å²) in [6, 6.07) is 0.822. The smallest absolute Gasteiger partial charge is 0.258 e. The van der Waals surface area contributed by atoms with E-state index >= 15 is 0 Å². The van der Waals surface area contributed by atoms with E-state index in [1.807, 2.05) is 13.8 Å². The van der Waals surface area contributed by atoms with Gasteiger partial charge in [0.2, 0.25) is 0 Å². The Morgan fingerprint density at radius 2 is 2.25 bits per heavy atom. The second-order valence-electron chi connectivity index (χ2n) is 5.54. The van der Waals surface area contributed by atoms with Gasteiger partial charge in [-0.1, -0.05) is 0 Å². The molecule has 1 aromatic rings. The lowest BCUT2D eigenvalue weighted by Crippen LogP contribution is -2.31. The number of carbonyl (C=O) groups excluding carboxylic acids is 1. The quantitative estimate of drug-likeness (QED) is 0.708. The summed E-state index contributed by atoms with van der Waals surface area (Å²) < 4.78 is 4.07. The van der Waals surface area contributed by atoms with Crippen molar-refractivity contribution in [2.24, 2.45) is 0 Å². The average Bonchev–Trinajstić information content (AvgIpc) is 3.13. The molecule has 112 valence electrons. The van der Waals surface area contributed by atoms with Gasteiger partial charge in [-0.15, -0.1) is 0 Å². The van der Waals surface area contributed by atoms with E-state index in [2.05, 4.69) is 27.0 Å². The van der Waals surface area contributed by atoms with E-state index in [4.69, 9.17) is 5.73 Å². The Morgan fingerprint density at radius 3 is 2.85 bits per heavy atom. The van der Waals surface area contributed by atoms with Crippen LogP contribution in [0.1, 0.15) is 37.0 Å². The number of anilines is 2. The monoisotopic (exact) mass is 297 g/mol. The van der Waals surface area contributed by atoms with Crippen LogP contribution in [0.3, 0.4) is 0 Å². The van der Waals surface area contributed by atoms with Gasteiger partial charge in [0.1, 0.15) is 10.6 Å². The Kier molecular flexibility index (Phi) is 4.82. The molecule has 20 heavy (non-hydrogen) atoms. The number of nitrogens with one attached hydrogen (secondary N) is 2. The van der Waals surface area contributed by atoms with Gasteiger partial charge in [0, 0.05) is 25.2 Å². The summed E-state index contributed by atoms with van der Waals surface area (Å²) in [5.41, 5.74) is 6.27. The van der Waals surface area contributed by atoms with Crippen LogP contribution in [0.4, 0.5) is 10.8 Å². The third-order valence-corrected chi connectivity index (χ3v) is 4.10. The minimum Gasteiger partial charge on any atom is -0.382 e. The Hall–Kier alpha value is -1.34. The Bertz CT molecular complexity index is 469. The zero-order valence-corrected chi connectivity index (χ0v) is 13.1. The molecule has 1 aromatic heterocycles. The summed E-state index contributed by atoms with van der Waals surface area (Å²) in [6.45, 7) is 5.58. The maximum atomic E-state index is 12.1. The van der Waals surface area contributed by atoms with Gasteiger partial charge >= 0.3 is 0 Å². The second-order valence-corrected chi connectivity index (χ2v) is 6.31. The molecule has 1 saturated carbocycles. The molecule has 1 fully saturated rings. The van der Waals surface area contributed by atoms with E-state index in [1.165, 1.54) is 24.4 Å². The van der Waals surface area contributed by atoms with Gasteiger partial charge in [0.05, 0.1) is 0 Å². The molecule has 0 saturated heterocycles. The SMILES string of the molecule is CC(C)NC(=O)c1c(N)nsc1NCCN(C)C1CC1. The van der Waals surface area contributed by atoms with Crippen molar-refractivity contribution in [3.05, 3.63) is 5.56 Å². The zero-order chi connectivity index (χ0) is 14.7. The van der Waals surface area contributed by atoms with Crippen LogP contribution in [0.5, 0.6) is 0 Å². The van der Waals surface area contributed by atoms with Crippen LogP contribution < -0.4 is 16.4 Å². The molecule has 1 heterocycles. The number of nitrogens with zero attached hydrogens (tertiary/aromatic N) is 2. The molecule has 0 aliphatic heterocycles. The first-order chi connectivity index (χ1) is 9.49. The molecule has 1 amide bonds. The van der Waals surface area contributed by atoms with Gasteiger partial charge in [0.15, 0.2) is 5.82 Å². The molecule has 1 aliphatic rings. The highest BCUT2D eigenvalue weighted by Gasteiger charge is 2.25. The van der Waals surface area contributed by atoms with E-state index in [1.54, 1.807) is 0 Å². The summed E-state index contributed by atoms with van der Waals surface area (Å²) >= 11 is 1.24. The third kappa shape index (κ3) is 3.83. The maximum Gasteiger partial charge on any atom is 0.258 e. The first-order valence-corrected chi connectivity index (χ1v) is 7.76. The van der Waals surface area contributed by atoms with Crippen molar-refractivity contribution >= 4 is 28.3 Å². The average molecular weight is 297 g/mol. The van der Waals surface area contributed by atoms with E-state index in [9.17, 15) is 4.79 Å². The molecule has 0 atom stereocenters. The van der Waals surface area contributed by atoms with E-state index in [-0.39, 0.29) is 11.9 Å². The predicted molar refractivity (Wildman–Crippen MR) is 83.3 cm³/mol. The van der Waals surface area contributed by atoms with Crippen molar-refractivity contribution in [1.29, 1.82) is 0 Å². The molecule has 7 heteroatoms. The number of hydrogen-bond donors (Lipinski definition) is 3. The highest BCUT2D eigenvalue weighted by atomic mass is 32.1. The highest BCUT2D eigenvalue weighted by molar-refractivity contribution is 7.11. The number of rotatable bonds is 7. The maximum absolute atomic E-state index is 12.1. The number of likely N-dealkylation sites (N-methyl/N-ethyl adjacent to an activating group) is 1. The molecular formula is C13H23N5OS. The summed E-state index contributed by atoms with van der Waals surface area (Å²) in [6.07, 6.45) is 2.60.